The van der Waals surface area contributed by atoms with Gasteiger partial charge in [-0.2, -0.15) is 0 Å². The molecule has 0 aliphatic heterocycles. The van der Waals surface area contributed by atoms with E-state index in [-0.39, 0.29) is 10.7 Å². The van der Waals surface area contributed by atoms with Gasteiger partial charge in [0.15, 0.2) is 0 Å². The molecule has 4 nitrogen and oxygen atoms in total. The van der Waals surface area contributed by atoms with E-state index in [0.717, 1.165) is 0 Å². The third-order valence-electron chi connectivity index (χ3n) is 1.79. The molecule has 0 aromatic carbocycles. The molecule has 72 valence electrons. The first-order chi connectivity index (χ1) is 6.59. The summed E-state index contributed by atoms with van der Waals surface area (Å²) in [6.45, 7) is 0. The summed E-state index contributed by atoms with van der Waals surface area (Å²) in [6.07, 6.45) is 1.39. The molecular weight excluding hydrogens is 271 g/mol. The molecule has 2 aromatic heterocycles. The second kappa shape index (κ2) is 3.25. The molecule has 2 N–H and O–H groups in total. The summed E-state index contributed by atoms with van der Waals surface area (Å²) >= 11 is 8.96. The number of aromatic amines is 1. The lowest BCUT2D eigenvalue weighted by atomic mass is 10.3. The van der Waals surface area contributed by atoms with Crippen molar-refractivity contribution >= 4 is 44.5 Å². The summed E-state index contributed by atoms with van der Waals surface area (Å²) in [5.41, 5.74) is 1.12. The molecule has 0 amide bonds. The molecule has 0 aliphatic rings. The predicted octanol–water partition coefficient (Wildman–Crippen LogP) is 2.68. The molecule has 0 radical (unpaired) electrons. The highest BCUT2D eigenvalue weighted by molar-refractivity contribution is 9.10. The predicted molar refractivity (Wildman–Crippen MR) is 55.8 cm³/mol. The van der Waals surface area contributed by atoms with Crippen molar-refractivity contribution < 1.29 is 9.90 Å². The number of aromatic nitrogens is 2. The number of H-pyrrole nitrogens is 1. The normalized spacial score (nSPS) is 10.7. The van der Waals surface area contributed by atoms with Gasteiger partial charge < -0.3 is 10.1 Å². The van der Waals surface area contributed by atoms with Crippen molar-refractivity contribution in [3.8, 4) is 0 Å². The number of carboxylic acid groups (broad SMARTS) is 1. The Bertz CT molecular complexity index is 523. The van der Waals surface area contributed by atoms with Crippen molar-refractivity contribution in [1.29, 1.82) is 0 Å². The number of carbonyl (C=O) groups is 1. The zero-order chi connectivity index (χ0) is 10.3. The summed E-state index contributed by atoms with van der Waals surface area (Å²) < 4.78 is 0.630. The van der Waals surface area contributed by atoms with Crippen molar-refractivity contribution in [2.45, 2.75) is 0 Å². The molecule has 0 atom stereocenters. The SMILES string of the molecule is O=C(O)c1c[nH]c2cc(Br)c(Cl)nc12. The lowest BCUT2D eigenvalue weighted by Crippen LogP contribution is -1.95. The van der Waals surface area contributed by atoms with E-state index in [1.165, 1.54) is 6.20 Å². The maximum atomic E-state index is 10.8. The van der Waals surface area contributed by atoms with Crippen LogP contribution in [-0.2, 0) is 0 Å². The highest BCUT2D eigenvalue weighted by Gasteiger charge is 2.13. The van der Waals surface area contributed by atoms with Gasteiger partial charge in [-0.1, -0.05) is 11.6 Å². The van der Waals surface area contributed by atoms with Crippen LogP contribution < -0.4 is 0 Å². The average molecular weight is 275 g/mol. The number of nitrogens with zero attached hydrogens (tertiary/aromatic N) is 1. The number of fused-ring (bicyclic) bond motifs is 1. The summed E-state index contributed by atoms with van der Waals surface area (Å²) in [7, 11) is 0. The van der Waals surface area contributed by atoms with Crippen LogP contribution in [0.15, 0.2) is 16.7 Å². The number of rotatable bonds is 1. The maximum Gasteiger partial charge on any atom is 0.339 e. The fourth-order valence-electron chi connectivity index (χ4n) is 1.16. The van der Waals surface area contributed by atoms with E-state index >= 15 is 0 Å². The van der Waals surface area contributed by atoms with Crippen LogP contribution in [0.4, 0.5) is 0 Å². The van der Waals surface area contributed by atoms with Gasteiger partial charge in [-0.05, 0) is 22.0 Å². The van der Waals surface area contributed by atoms with Crippen LogP contribution in [-0.4, -0.2) is 21.0 Å². The molecule has 6 heteroatoms. The van der Waals surface area contributed by atoms with Crippen LogP contribution >= 0.6 is 27.5 Å². The molecule has 0 bridgehead atoms. The topological polar surface area (TPSA) is 66.0 Å². The second-order valence-electron chi connectivity index (χ2n) is 2.66. The summed E-state index contributed by atoms with van der Waals surface area (Å²) in [5.74, 6) is -1.03. The maximum absolute atomic E-state index is 10.8. The number of hydrogen-bond acceptors (Lipinski definition) is 2. The minimum absolute atomic E-state index is 0.120. The molecule has 0 unspecified atom stereocenters. The molecule has 0 saturated heterocycles. The third-order valence-corrected chi connectivity index (χ3v) is 2.91. The summed E-state index contributed by atoms with van der Waals surface area (Å²) in [4.78, 5) is 17.5. The largest absolute Gasteiger partial charge is 0.478 e. The van der Waals surface area contributed by atoms with Gasteiger partial charge in [-0.15, -0.1) is 0 Å². The van der Waals surface area contributed by atoms with Crippen molar-refractivity contribution in [3.05, 3.63) is 27.5 Å². The van der Waals surface area contributed by atoms with Gasteiger partial charge in [-0.25, -0.2) is 9.78 Å². The van der Waals surface area contributed by atoms with E-state index in [0.29, 0.717) is 15.5 Å². The highest BCUT2D eigenvalue weighted by Crippen LogP contribution is 2.26. The molecule has 0 aliphatic carbocycles. The smallest absolute Gasteiger partial charge is 0.339 e. The van der Waals surface area contributed by atoms with Crippen LogP contribution in [0.2, 0.25) is 5.15 Å². The third kappa shape index (κ3) is 1.38. The zero-order valence-electron chi connectivity index (χ0n) is 6.71. The van der Waals surface area contributed by atoms with Crippen LogP contribution in [0.5, 0.6) is 0 Å². The number of hydrogen-bond donors (Lipinski definition) is 2. The molecule has 0 spiro atoms. The molecule has 0 fully saturated rings. The number of aromatic carboxylic acids is 1. The van der Waals surface area contributed by atoms with Crippen molar-refractivity contribution in [2.24, 2.45) is 0 Å². The zero-order valence-corrected chi connectivity index (χ0v) is 9.06. The fourth-order valence-corrected chi connectivity index (χ4v) is 1.62. The van der Waals surface area contributed by atoms with E-state index < -0.39 is 5.97 Å². The van der Waals surface area contributed by atoms with Gasteiger partial charge in [-0.3, -0.25) is 0 Å². The average Bonchev–Trinajstić information content (AvgIpc) is 2.48. The Morgan fingerprint density at radius 2 is 2.36 bits per heavy atom. The van der Waals surface area contributed by atoms with E-state index in [2.05, 4.69) is 25.9 Å². The number of nitrogens with one attached hydrogen (secondary N) is 1. The summed E-state index contributed by atoms with van der Waals surface area (Å²) in [5, 5.41) is 9.07. The number of carboxylic acids is 1. The van der Waals surface area contributed by atoms with Crippen molar-refractivity contribution in [3.63, 3.8) is 0 Å². The second-order valence-corrected chi connectivity index (χ2v) is 3.88. The van der Waals surface area contributed by atoms with Crippen LogP contribution in [0.3, 0.4) is 0 Å². The van der Waals surface area contributed by atoms with Gasteiger partial charge in [0.2, 0.25) is 0 Å². The Kier molecular flexibility index (Phi) is 2.20. The first-order valence-electron chi connectivity index (χ1n) is 3.66. The Morgan fingerprint density at radius 3 is 3.00 bits per heavy atom. The number of pyridine rings is 1. The minimum atomic E-state index is -1.03. The first-order valence-corrected chi connectivity index (χ1v) is 4.83. The van der Waals surface area contributed by atoms with E-state index in [9.17, 15) is 4.79 Å². The molecule has 2 rings (SSSR count). The van der Waals surface area contributed by atoms with E-state index in [1.807, 2.05) is 0 Å². The monoisotopic (exact) mass is 274 g/mol. The Hall–Kier alpha value is -1.07. The first kappa shape index (κ1) is 9.48. The van der Waals surface area contributed by atoms with Crippen LogP contribution in [0, 0.1) is 0 Å². The highest BCUT2D eigenvalue weighted by atomic mass is 79.9. The summed E-state index contributed by atoms with van der Waals surface area (Å²) in [6, 6.07) is 1.69. The molecule has 2 aromatic rings. The molecule has 14 heavy (non-hydrogen) atoms. The van der Waals surface area contributed by atoms with E-state index in [4.69, 9.17) is 16.7 Å². The molecule has 0 saturated carbocycles. The standard InChI is InChI=1S/C8H4BrClN2O2/c9-4-1-5-6(12-7(4)10)3(2-11-5)8(13)14/h1-2,11H,(H,13,14). The lowest BCUT2D eigenvalue weighted by Gasteiger charge is -1.95. The molecular formula is C8H4BrClN2O2. The molecule has 2 heterocycles. The van der Waals surface area contributed by atoms with Crippen molar-refractivity contribution in [2.75, 3.05) is 0 Å². The van der Waals surface area contributed by atoms with Crippen LogP contribution in [0.1, 0.15) is 10.4 Å². The minimum Gasteiger partial charge on any atom is -0.478 e. The van der Waals surface area contributed by atoms with Gasteiger partial charge >= 0.3 is 5.97 Å². The number of halogens is 2. The van der Waals surface area contributed by atoms with Crippen LogP contribution in [0.25, 0.3) is 11.0 Å². The van der Waals surface area contributed by atoms with E-state index in [1.54, 1.807) is 6.07 Å². The fraction of sp³-hybridized carbons (Fsp3) is 0. The Morgan fingerprint density at radius 1 is 1.64 bits per heavy atom. The lowest BCUT2D eigenvalue weighted by molar-refractivity contribution is 0.0699. The Labute approximate surface area is 92.0 Å². The Balaban J connectivity index is 2.80. The van der Waals surface area contributed by atoms with Gasteiger partial charge in [0, 0.05) is 6.20 Å². The van der Waals surface area contributed by atoms with Crippen molar-refractivity contribution in [1.82, 2.24) is 9.97 Å². The van der Waals surface area contributed by atoms with Gasteiger partial charge in [0.05, 0.1) is 9.99 Å². The van der Waals surface area contributed by atoms with Gasteiger partial charge in [0.25, 0.3) is 0 Å². The van der Waals surface area contributed by atoms with Gasteiger partial charge in [0.1, 0.15) is 16.2 Å². The quantitative estimate of drug-likeness (QED) is 0.786.